The van der Waals surface area contributed by atoms with Crippen LogP contribution in [-0.2, 0) is 15.7 Å². The number of benzene rings is 2. The van der Waals surface area contributed by atoms with Crippen LogP contribution in [0.25, 0.3) is 22.0 Å². The molecule has 1 atom stereocenters. The summed E-state index contributed by atoms with van der Waals surface area (Å²) in [6.07, 6.45) is 3.40. The zero-order chi connectivity index (χ0) is 29.4. The second kappa shape index (κ2) is 9.95. The van der Waals surface area contributed by atoms with Gasteiger partial charge in [0, 0.05) is 40.7 Å². The molecule has 0 radical (unpaired) electrons. The van der Waals surface area contributed by atoms with Crippen LogP contribution >= 0.6 is 27.5 Å². The summed E-state index contributed by atoms with van der Waals surface area (Å²) in [5.74, 6) is 0. The number of halogens is 2. The molecule has 1 amide bonds. The number of rotatable bonds is 4. The van der Waals surface area contributed by atoms with Crippen molar-refractivity contribution in [2.45, 2.75) is 70.9 Å². The number of aryl methyl sites for hydroxylation is 2. The molecule has 3 heterocycles. The van der Waals surface area contributed by atoms with E-state index in [0.717, 1.165) is 51.7 Å². The third kappa shape index (κ3) is 4.91. The highest BCUT2D eigenvalue weighted by Crippen LogP contribution is 2.55. The Morgan fingerprint density at radius 3 is 2.41 bits per heavy atom. The molecule has 4 aromatic rings. The minimum Gasteiger partial charge on any atom is -0.444 e. The molecule has 2 aromatic heterocycles. The Kier molecular flexibility index (Phi) is 6.90. The summed E-state index contributed by atoms with van der Waals surface area (Å²) in [5, 5.41) is 10.9. The SMILES string of the molecule is Cc1ccc(S(=O)n2ncc3c(-c4c(Br)nn(C5CC6(C5)CN(C(=O)OC(C)(C)C)C6)c4C)c(Cl)c(C)cc32)cc1. The van der Waals surface area contributed by atoms with Gasteiger partial charge in [-0.25, -0.2) is 9.00 Å². The van der Waals surface area contributed by atoms with Crippen molar-refractivity contribution in [2.24, 2.45) is 5.41 Å². The van der Waals surface area contributed by atoms with E-state index in [0.29, 0.717) is 27.6 Å². The number of hydrogen-bond donors (Lipinski definition) is 0. The lowest BCUT2D eigenvalue weighted by atomic mass is 9.61. The van der Waals surface area contributed by atoms with Crippen molar-refractivity contribution in [1.82, 2.24) is 23.9 Å². The van der Waals surface area contributed by atoms with Gasteiger partial charge < -0.3 is 9.64 Å². The van der Waals surface area contributed by atoms with Crippen LogP contribution in [0.1, 0.15) is 56.5 Å². The van der Waals surface area contributed by atoms with Crippen LogP contribution in [0.3, 0.4) is 0 Å². The first-order valence-corrected chi connectivity index (χ1v) is 15.9. The smallest absolute Gasteiger partial charge is 0.410 e. The minimum atomic E-state index is -1.51. The van der Waals surface area contributed by atoms with E-state index in [2.05, 4.69) is 32.6 Å². The Labute approximate surface area is 255 Å². The number of carbonyl (C=O) groups is 1. The molecular formula is C30H33BrClN5O3S. The highest BCUT2D eigenvalue weighted by molar-refractivity contribution is 9.10. The van der Waals surface area contributed by atoms with Crippen LogP contribution in [0.15, 0.2) is 46.0 Å². The Balaban J connectivity index is 1.28. The molecule has 1 saturated heterocycles. The van der Waals surface area contributed by atoms with Crippen molar-refractivity contribution < 1.29 is 13.7 Å². The van der Waals surface area contributed by atoms with E-state index in [9.17, 15) is 9.00 Å². The Bertz CT molecular complexity index is 1710. The second-order valence-electron chi connectivity index (χ2n) is 12.5. The van der Waals surface area contributed by atoms with E-state index in [1.807, 2.05) is 65.0 Å². The van der Waals surface area contributed by atoms with E-state index < -0.39 is 16.6 Å². The minimum absolute atomic E-state index is 0.127. The van der Waals surface area contributed by atoms with Crippen LogP contribution in [0.2, 0.25) is 5.02 Å². The number of hydrogen-bond acceptors (Lipinski definition) is 5. The number of nitrogens with zero attached hydrogens (tertiary/aromatic N) is 5. The largest absolute Gasteiger partial charge is 0.444 e. The van der Waals surface area contributed by atoms with Crippen LogP contribution in [0.5, 0.6) is 0 Å². The van der Waals surface area contributed by atoms with Gasteiger partial charge in [-0.2, -0.15) is 14.3 Å². The zero-order valence-corrected chi connectivity index (χ0v) is 27.2. The first-order chi connectivity index (χ1) is 19.3. The summed E-state index contributed by atoms with van der Waals surface area (Å²) in [5.41, 5.74) is 5.10. The monoisotopic (exact) mass is 657 g/mol. The van der Waals surface area contributed by atoms with Crippen LogP contribution in [0, 0.1) is 26.2 Å². The first-order valence-electron chi connectivity index (χ1n) is 13.7. The summed E-state index contributed by atoms with van der Waals surface area (Å²) in [7, 11) is -1.51. The highest BCUT2D eigenvalue weighted by Gasteiger charge is 2.55. The van der Waals surface area contributed by atoms with Crippen molar-refractivity contribution in [1.29, 1.82) is 0 Å². The quantitative estimate of drug-likeness (QED) is 0.229. The van der Waals surface area contributed by atoms with E-state index >= 15 is 0 Å². The van der Waals surface area contributed by atoms with Crippen molar-refractivity contribution in [2.75, 3.05) is 13.1 Å². The molecule has 216 valence electrons. The fourth-order valence-electron chi connectivity index (χ4n) is 6.10. The van der Waals surface area contributed by atoms with Gasteiger partial charge in [0.2, 0.25) is 0 Å². The molecule has 1 aliphatic carbocycles. The van der Waals surface area contributed by atoms with Crippen LogP contribution in [0.4, 0.5) is 4.79 Å². The molecular weight excluding hydrogens is 626 g/mol. The second-order valence-corrected chi connectivity index (χ2v) is 14.9. The van der Waals surface area contributed by atoms with Crippen molar-refractivity contribution in [3.05, 3.63) is 63.0 Å². The number of likely N-dealkylation sites (tertiary alicyclic amines) is 1. The molecule has 0 N–H and O–H groups in total. The van der Waals surface area contributed by atoms with Crippen molar-refractivity contribution >= 4 is 55.5 Å². The van der Waals surface area contributed by atoms with Gasteiger partial charge in [0.05, 0.1) is 27.7 Å². The lowest BCUT2D eigenvalue weighted by molar-refractivity contribution is -0.0931. The molecule has 1 aliphatic heterocycles. The van der Waals surface area contributed by atoms with E-state index in [4.69, 9.17) is 21.4 Å². The molecule has 2 aliphatic rings. The van der Waals surface area contributed by atoms with Gasteiger partial charge in [-0.1, -0.05) is 29.3 Å². The maximum Gasteiger partial charge on any atom is 0.410 e. The molecule has 0 bridgehead atoms. The van der Waals surface area contributed by atoms with Crippen molar-refractivity contribution in [3.8, 4) is 11.1 Å². The summed E-state index contributed by atoms with van der Waals surface area (Å²) < 4.78 is 23.4. The van der Waals surface area contributed by atoms with Crippen LogP contribution in [-0.4, -0.2) is 52.9 Å². The standard InChI is InChI=1S/C30H33BrClN5O3S/c1-17-7-9-21(10-8-17)41(39)37-23-11-18(2)26(32)25(22(23)14-33-37)24-19(3)36(34-27(24)31)20-12-30(13-20)15-35(16-30)28(38)40-29(4,5)6/h7-11,14,20H,12-13,15-16H2,1-6H3. The molecule has 2 fully saturated rings. The third-order valence-corrected chi connectivity index (χ3v) is 10.4. The molecule has 2 aromatic carbocycles. The molecule has 41 heavy (non-hydrogen) atoms. The van der Waals surface area contributed by atoms with Crippen LogP contribution < -0.4 is 0 Å². The molecule has 1 unspecified atom stereocenters. The molecule has 6 rings (SSSR count). The number of ether oxygens (including phenoxy) is 1. The van der Waals surface area contributed by atoms with Gasteiger partial charge in [-0.05, 0) is 94.1 Å². The summed E-state index contributed by atoms with van der Waals surface area (Å²) in [6, 6.07) is 9.81. The zero-order valence-electron chi connectivity index (χ0n) is 24.0. The maximum atomic E-state index is 13.5. The molecule has 1 spiro atoms. The Hall–Kier alpha value is -2.69. The topological polar surface area (TPSA) is 82.3 Å². The lowest BCUT2D eigenvalue weighted by Gasteiger charge is -2.58. The van der Waals surface area contributed by atoms with Gasteiger partial charge in [0.15, 0.2) is 11.0 Å². The number of aromatic nitrogens is 4. The average Bonchev–Trinajstić information content (AvgIpc) is 3.38. The van der Waals surface area contributed by atoms with E-state index in [1.54, 1.807) is 15.2 Å². The average molecular weight is 659 g/mol. The Morgan fingerprint density at radius 2 is 1.78 bits per heavy atom. The van der Waals surface area contributed by atoms with Gasteiger partial charge in [0.1, 0.15) is 10.2 Å². The fourth-order valence-corrected chi connectivity index (χ4v) is 8.03. The molecule has 8 nitrogen and oxygen atoms in total. The predicted octanol–water partition coefficient (Wildman–Crippen LogP) is 7.38. The summed E-state index contributed by atoms with van der Waals surface area (Å²) in [6.45, 7) is 13.1. The summed E-state index contributed by atoms with van der Waals surface area (Å²) >= 11 is 10.7. The van der Waals surface area contributed by atoms with Gasteiger partial charge in [0.25, 0.3) is 0 Å². The maximum absolute atomic E-state index is 13.5. The highest BCUT2D eigenvalue weighted by atomic mass is 79.9. The first kappa shape index (κ1) is 28.4. The van der Waals surface area contributed by atoms with Crippen molar-refractivity contribution in [3.63, 3.8) is 0 Å². The third-order valence-electron chi connectivity index (χ3n) is 8.09. The lowest BCUT2D eigenvalue weighted by Crippen LogP contribution is -2.64. The van der Waals surface area contributed by atoms with Gasteiger partial charge in [-0.15, -0.1) is 0 Å². The van der Waals surface area contributed by atoms with E-state index in [1.165, 1.54) is 0 Å². The van der Waals surface area contributed by atoms with Gasteiger partial charge in [-0.3, -0.25) is 4.68 Å². The molecule has 1 saturated carbocycles. The predicted molar refractivity (Wildman–Crippen MR) is 165 cm³/mol. The number of amides is 1. The number of fused-ring (bicyclic) bond motifs is 1. The van der Waals surface area contributed by atoms with Gasteiger partial charge >= 0.3 is 6.09 Å². The normalized spacial score (nSPS) is 17.5. The summed E-state index contributed by atoms with van der Waals surface area (Å²) in [4.78, 5) is 14.9. The number of carbonyl (C=O) groups excluding carboxylic acids is 1. The Morgan fingerprint density at radius 1 is 1.12 bits per heavy atom. The van der Waals surface area contributed by atoms with E-state index in [-0.39, 0.29) is 17.6 Å². The fraction of sp³-hybridized carbons (Fsp3) is 0.433. The molecule has 11 heteroatoms.